The fourth-order valence-electron chi connectivity index (χ4n) is 4.50. The number of benzene rings is 3. The Bertz CT molecular complexity index is 1930. The lowest BCUT2D eigenvalue weighted by Crippen LogP contribution is -2.09. The van der Waals surface area contributed by atoms with Gasteiger partial charge in [0, 0.05) is 21.0 Å². The van der Waals surface area contributed by atoms with Gasteiger partial charge in [-0.25, -0.2) is 9.50 Å². The summed E-state index contributed by atoms with van der Waals surface area (Å²) in [5.41, 5.74) is 6.46. The highest BCUT2D eigenvalue weighted by Gasteiger charge is 2.22. The van der Waals surface area contributed by atoms with Gasteiger partial charge >= 0.3 is 0 Å². The van der Waals surface area contributed by atoms with Crippen LogP contribution < -0.4 is 5.49 Å². The lowest BCUT2D eigenvalue weighted by molar-refractivity contribution is 0.597. The third kappa shape index (κ3) is 3.16. The van der Waals surface area contributed by atoms with Crippen LogP contribution in [-0.2, 0) is 0 Å². The summed E-state index contributed by atoms with van der Waals surface area (Å²) in [6.07, 6.45) is 0. The highest BCUT2D eigenvalue weighted by atomic mass is 79.9. The normalized spacial score (nSPS) is 11.7. The zero-order valence-corrected chi connectivity index (χ0v) is 19.8. The summed E-state index contributed by atoms with van der Waals surface area (Å²) in [5.74, 6) is 0.376. The Labute approximate surface area is 207 Å². The van der Waals surface area contributed by atoms with Crippen molar-refractivity contribution in [3.63, 3.8) is 0 Å². The number of pyridine rings is 1. The Morgan fingerprint density at radius 3 is 2.31 bits per heavy atom. The highest BCUT2D eigenvalue weighted by Crippen LogP contribution is 2.35. The van der Waals surface area contributed by atoms with Crippen molar-refractivity contribution in [2.24, 2.45) is 0 Å². The van der Waals surface area contributed by atoms with Crippen LogP contribution in [0, 0.1) is 5.41 Å². The summed E-state index contributed by atoms with van der Waals surface area (Å²) in [6.45, 7) is 0. The molecule has 166 valence electrons. The second-order valence-electron chi connectivity index (χ2n) is 8.33. The topological polar surface area (TPSA) is 80.1 Å². The molecule has 0 fully saturated rings. The van der Waals surface area contributed by atoms with Crippen molar-refractivity contribution in [1.82, 2.24) is 19.6 Å². The lowest BCUT2D eigenvalue weighted by atomic mass is 10.1. The molecule has 35 heavy (non-hydrogen) atoms. The average Bonchev–Trinajstić information content (AvgIpc) is 3.29. The largest absolute Gasteiger partial charge is 0.438 e. The van der Waals surface area contributed by atoms with E-state index in [1.807, 2.05) is 83.4 Å². The van der Waals surface area contributed by atoms with Gasteiger partial charge in [0.1, 0.15) is 11.1 Å². The number of fused-ring (bicyclic) bond motifs is 6. The monoisotopic (exact) mass is 517 g/mol. The van der Waals surface area contributed by atoms with E-state index in [0.29, 0.717) is 28.0 Å². The molecule has 4 heterocycles. The maximum absolute atomic E-state index is 8.77. The second kappa shape index (κ2) is 7.58. The number of aromatic nitrogens is 4. The Kier molecular flexibility index (Phi) is 4.34. The van der Waals surface area contributed by atoms with Crippen LogP contribution in [-0.4, -0.2) is 19.6 Å². The number of nitrogens with one attached hydrogen (secondary N) is 1. The van der Waals surface area contributed by atoms with Crippen molar-refractivity contribution in [3.8, 4) is 34.0 Å². The van der Waals surface area contributed by atoms with Crippen LogP contribution >= 0.6 is 15.9 Å². The molecule has 3 aromatic carbocycles. The highest BCUT2D eigenvalue weighted by molar-refractivity contribution is 9.10. The van der Waals surface area contributed by atoms with Crippen LogP contribution in [0.25, 0.3) is 61.5 Å². The van der Waals surface area contributed by atoms with Gasteiger partial charge in [-0.05, 0) is 24.3 Å². The predicted octanol–water partition coefficient (Wildman–Crippen LogP) is 6.70. The van der Waals surface area contributed by atoms with Crippen molar-refractivity contribution in [2.75, 3.05) is 0 Å². The van der Waals surface area contributed by atoms with Gasteiger partial charge in [-0.1, -0.05) is 82.7 Å². The molecule has 0 spiro atoms. The van der Waals surface area contributed by atoms with Crippen LogP contribution in [0.4, 0.5) is 0 Å². The second-order valence-corrected chi connectivity index (χ2v) is 9.24. The van der Waals surface area contributed by atoms with E-state index in [2.05, 4.69) is 33.0 Å². The first-order chi connectivity index (χ1) is 17.2. The molecule has 0 radical (unpaired) electrons. The number of nitrogens with zero attached hydrogens (tertiary/aromatic N) is 4. The third-order valence-electron chi connectivity index (χ3n) is 6.15. The van der Waals surface area contributed by atoms with E-state index in [0.717, 1.165) is 37.9 Å². The first-order valence-corrected chi connectivity index (χ1v) is 11.9. The van der Waals surface area contributed by atoms with Crippen LogP contribution in [0.5, 0.6) is 0 Å². The van der Waals surface area contributed by atoms with Gasteiger partial charge in [0.25, 0.3) is 0 Å². The van der Waals surface area contributed by atoms with E-state index >= 15 is 0 Å². The summed E-state index contributed by atoms with van der Waals surface area (Å²) in [4.78, 5) is 9.47. The Morgan fingerprint density at radius 1 is 0.800 bits per heavy atom. The molecule has 0 aliphatic carbocycles. The van der Waals surface area contributed by atoms with Gasteiger partial charge in [0.2, 0.25) is 5.89 Å². The van der Waals surface area contributed by atoms with E-state index in [9.17, 15) is 0 Å². The summed E-state index contributed by atoms with van der Waals surface area (Å²) < 4.78 is 8.82. The molecule has 6 nitrogen and oxygen atoms in total. The fourth-order valence-corrected chi connectivity index (χ4v) is 4.84. The first kappa shape index (κ1) is 20.1. The van der Waals surface area contributed by atoms with E-state index in [1.54, 1.807) is 0 Å². The molecule has 0 saturated heterocycles. The molecular weight excluding hydrogens is 502 g/mol. The standard InChI is InChI=1S/C28H16BrN5O/c29-19-12-11-18-13-20-25-24(26(30)32-28(20)35-23(18)14-19)27-31-21(16-7-3-1-4-8-16)15-22(34(27)33-25)17-9-5-2-6-10-17/h1-15,30H. The SMILES string of the molecule is N=c1nc2oc3cc(Br)ccc3cc-2c2nn3c(-c4ccccc4)cc(-c4ccccc4)nc3c12. The van der Waals surface area contributed by atoms with Crippen molar-refractivity contribution >= 4 is 43.4 Å². The van der Waals surface area contributed by atoms with Gasteiger partial charge in [-0.15, -0.1) is 0 Å². The van der Waals surface area contributed by atoms with E-state index in [4.69, 9.17) is 19.9 Å². The Hall–Kier alpha value is -4.36. The van der Waals surface area contributed by atoms with Gasteiger partial charge in [-0.2, -0.15) is 10.1 Å². The van der Waals surface area contributed by atoms with E-state index in [1.165, 1.54) is 0 Å². The van der Waals surface area contributed by atoms with E-state index < -0.39 is 0 Å². The molecule has 0 unspecified atom stereocenters. The molecule has 7 rings (SSSR count). The Morgan fingerprint density at radius 2 is 1.54 bits per heavy atom. The molecule has 2 aromatic heterocycles. The van der Waals surface area contributed by atoms with Crippen LogP contribution in [0.15, 0.2) is 99.9 Å². The smallest absolute Gasteiger partial charge is 0.230 e. The summed E-state index contributed by atoms with van der Waals surface area (Å²) in [7, 11) is 0. The minimum Gasteiger partial charge on any atom is -0.438 e. The lowest BCUT2D eigenvalue weighted by Gasteiger charge is -2.08. The molecule has 0 amide bonds. The number of halogens is 1. The fraction of sp³-hybridized carbons (Fsp3) is 0. The molecule has 5 aromatic rings. The molecule has 0 atom stereocenters. The summed E-state index contributed by atoms with van der Waals surface area (Å²) >= 11 is 3.49. The average molecular weight is 518 g/mol. The number of rotatable bonds is 2. The minimum absolute atomic E-state index is 0.0809. The number of hydrogen-bond acceptors (Lipinski definition) is 5. The third-order valence-corrected chi connectivity index (χ3v) is 6.64. The maximum Gasteiger partial charge on any atom is 0.230 e. The van der Waals surface area contributed by atoms with Crippen molar-refractivity contribution < 1.29 is 4.42 Å². The molecular formula is C28H16BrN5O. The van der Waals surface area contributed by atoms with Gasteiger partial charge < -0.3 is 4.42 Å². The van der Waals surface area contributed by atoms with Gasteiger partial charge in [-0.3, -0.25) is 5.41 Å². The molecule has 2 aliphatic rings. The molecule has 0 saturated carbocycles. The molecule has 2 aliphatic heterocycles. The first-order valence-electron chi connectivity index (χ1n) is 11.1. The number of hydrogen-bond donors (Lipinski definition) is 1. The van der Waals surface area contributed by atoms with E-state index in [-0.39, 0.29) is 5.49 Å². The summed E-state index contributed by atoms with van der Waals surface area (Å²) in [5, 5.41) is 15.3. The quantitative estimate of drug-likeness (QED) is 0.258. The van der Waals surface area contributed by atoms with Crippen molar-refractivity contribution in [1.29, 1.82) is 5.41 Å². The van der Waals surface area contributed by atoms with Crippen molar-refractivity contribution in [2.45, 2.75) is 0 Å². The minimum atomic E-state index is 0.0809. The predicted molar refractivity (Wildman–Crippen MR) is 139 cm³/mol. The maximum atomic E-state index is 8.77. The van der Waals surface area contributed by atoms with Crippen molar-refractivity contribution in [3.05, 3.63) is 101 Å². The summed E-state index contributed by atoms with van der Waals surface area (Å²) in [6, 6.07) is 30.0. The zero-order chi connectivity index (χ0) is 23.5. The molecule has 7 heteroatoms. The zero-order valence-electron chi connectivity index (χ0n) is 18.2. The van der Waals surface area contributed by atoms with Crippen LogP contribution in [0.1, 0.15) is 0 Å². The molecule has 0 bridgehead atoms. The van der Waals surface area contributed by atoms with Gasteiger partial charge in [0.15, 0.2) is 11.1 Å². The van der Waals surface area contributed by atoms with Crippen LogP contribution in [0.3, 0.4) is 0 Å². The molecule has 1 N–H and O–H groups in total. The Balaban J connectivity index is 1.64. The van der Waals surface area contributed by atoms with Gasteiger partial charge in [0.05, 0.1) is 22.3 Å². The van der Waals surface area contributed by atoms with Crippen LogP contribution in [0.2, 0.25) is 0 Å².